The van der Waals surface area contributed by atoms with E-state index in [0.717, 1.165) is 11.1 Å². The molecule has 90 valence electrons. The molecule has 3 nitrogen and oxygen atoms in total. The van der Waals surface area contributed by atoms with Gasteiger partial charge in [0.05, 0.1) is 10.1 Å². The summed E-state index contributed by atoms with van der Waals surface area (Å²) in [6, 6.07) is 4.82. The second kappa shape index (κ2) is 4.55. The average molecular weight is 241 g/mol. The molecule has 0 saturated heterocycles. The monoisotopic (exact) mass is 241 g/mol. The molecule has 0 spiro atoms. The Kier molecular flexibility index (Phi) is 3.76. The third-order valence-electron chi connectivity index (χ3n) is 3.04. The van der Waals surface area contributed by atoms with E-state index in [9.17, 15) is 8.42 Å². The van der Waals surface area contributed by atoms with Crippen molar-refractivity contribution in [2.45, 2.75) is 43.9 Å². The van der Waals surface area contributed by atoms with Crippen LogP contribution >= 0.6 is 0 Å². The van der Waals surface area contributed by atoms with Crippen LogP contribution in [0.3, 0.4) is 0 Å². The first-order valence-corrected chi connectivity index (χ1v) is 6.88. The molecule has 0 aliphatic rings. The maximum absolute atomic E-state index is 12.2. The zero-order chi connectivity index (χ0) is 12.5. The molecule has 1 aromatic carbocycles. The summed E-state index contributed by atoms with van der Waals surface area (Å²) in [5.41, 5.74) is 7.72. The quantitative estimate of drug-likeness (QED) is 0.878. The number of benzene rings is 1. The standard InChI is InChI=1S/C12H19NO2S/c1-8-5-6-12(7-9(8)2)16(14,15)11(4)10(3)13/h5-7,10-11H,13H2,1-4H3. The number of sulfone groups is 1. The summed E-state index contributed by atoms with van der Waals surface area (Å²) < 4.78 is 24.3. The van der Waals surface area contributed by atoms with Crippen LogP contribution in [0.25, 0.3) is 0 Å². The van der Waals surface area contributed by atoms with Crippen molar-refractivity contribution in [1.82, 2.24) is 0 Å². The Balaban J connectivity index is 3.23. The molecule has 2 N–H and O–H groups in total. The van der Waals surface area contributed by atoms with Gasteiger partial charge in [-0.1, -0.05) is 6.07 Å². The van der Waals surface area contributed by atoms with Crippen molar-refractivity contribution in [3.8, 4) is 0 Å². The Hall–Kier alpha value is -0.870. The van der Waals surface area contributed by atoms with Crippen molar-refractivity contribution < 1.29 is 8.42 Å². The summed E-state index contributed by atoms with van der Waals surface area (Å²) in [4.78, 5) is 0.361. The molecule has 0 saturated carbocycles. The van der Waals surface area contributed by atoms with Crippen LogP contribution in [0.15, 0.2) is 23.1 Å². The van der Waals surface area contributed by atoms with Gasteiger partial charge in [-0.05, 0) is 51.0 Å². The number of nitrogens with two attached hydrogens (primary N) is 1. The van der Waals surface area contributed by atoms with Gasteiger partial charge < -0.3 is 5.73 Å². The van der Waals surface area contributed by atoms with Crippen LogP contribution < -0.4 is 5.73 Å². The van der Waals surface area contributed by atoms with E-state index in [4.69, 9.17) is 5.73 Å². The molecule has 16 heavy (non-hydrogen) atoms. The van der Waals surface area contributed by atoms with Gasteiger partial charge in [-0.25, -0.2) is 8.42 Å². The van der Waals surface area contributed by atoms with Crippen LogP contribution in [0.2, 0.25) is 0 Å². The van der Waals surface area contributed by atoms with Crippen LogP contribution in [0.1, 0.15) is 25.0 Å². The lowest BCUT2D eigenvalue weighted by molar-refractivity contribution is 0.568. The van der Waals surface area contributed by atoms with E-state index >= 15 is 0 Å². The van der Waals surface area contributed by atoms with Crippen molar-refractivity contribution in [1.29, 1.82) is 0 Å². The van der Waals surface area contributed by atoms with Gasteiger partial charge in [-0.15, -0.1) is 0 Å². The molecule has 0 radical (unpaired) electrons. The molecule has 2 unspecified atom stereocenters. The first-order valence-electron chi connectivity index (χ1n) is 5.33. The molecule has 0 heterocycles. The summed E-state index contributed by atoms with van der Waals surface area (Å²) in [5.74, 6) is 0. The van der Waals surface area contributed by atoms with Crippen LogP contribution in [0, 0.1) is 13.8 Å². The van der Waals surface area contributed by atoms with Gasteiger partial charge in [0.2, 0.25) is 0 Å². The maximum atomic E-state index is 12.2. The predicted octanol–water partition coefficient (Wildman–Crippen LogP) is 1.81. The Labute approximate surface area is 97.6 Å². The fourth-order valence-electron chi connectivity index (χ4n) is 1.39. The molecule has 2 atom stereocenters. The van der Waals surface area contributed by atoms with E-state index in [2.05, 4.69) is 0 Å². The second-order valence-corrected chi connectivity index (χ2v) is 6.66. The van der Waals surface area contributed by atoms with Gasteiger partial charge in [0.1, 0.15) is 0 Å². The van der Waals surface area contributed by atoms with E-state index in [1.807, 2.05) is 19.9 Å². The van der Waals surface area contributed by atoms with Crippen LogP contribution in [-0.2, 0) is 9.84 Å². The molecular weight excluding hydrogens is 222 g/mol. The summed E-state index contributed by atoms with van der Waals surface area (Å²) in [6.45, 7) is 7.23. The minimum absolute atomic E-state index is 0.361. The van der Waals surface area contributed by atoms with E-state index in [1.165, 1.54) is 0 Å². The van der Waals surface area contributed by atoms with Crippen molar-refractivity contribution >= 4 is 9.84 Å². The largest absolute Gasteiger partial charge is 0.327 e. The zero-order valence-corrected chi connectivity index (χ0v) is 11.0. The molecule has 1 rings (SSSR count). The maximum Gasteiger partial charge on any atom is 0.182 e. The highest BCUT2D eigenvalue weighted by atomic mass is 32.2. The summed E-state index contributed by atoms with van der Waals surface area (Å²) in [5, 5.41) is -0.561. The van der Waals surface area contributed by atoms with Crippen molar-refractivity contribution in [2.75, 3.05) is 0 Å². The SMILES string of the molecule is Cc1ccc(S(=O)(=O)C(C)C(C)N)cc1C. The number of rotatable bonds is 3. The van der Waals surface area contributed by atoms with Gasteiger partial charge in [0.15, 0.2) is 9.84 Å². The van der Waals surface area contributed by atoms with E-state index in [0.29, 0.717) is 4.90 Å². The van der Waals surface area contributed by atoms with Crippen LogP contribution in [0.5, 0.6) is 0 Å². The highest BCUT2D eigenvalue weighted by molar-refractivity contribution is 7.92. The van der Waals surface area contributed by atoms with Crippen molar-refractivity contribution in [2.24, 2.45) is 5.73 Å². The third-order valence-corrected chi connectivity index (χ3v) is 5.36. The molecule has 4 heteroatoms. The van der Waals surface area contributed by atoms with Gasteiger partial charge in [0.25, 0.3) is 0 Å². The van der Waals surface area contributed by atoms with Crippen molar-refractivity contribution in [3.05, 3.63) is 29.3 Å². The van der Waals surface area contributed by atoms with Gasteiger partial charge >= 0.3 is 0 Å². The lowest BCUT2D eigenvalue weighted by Crippen LogP contribution is -2.35. The van der Waals surface area contributed by atoms with Gasteiger partial charge in [-0.3, -0.25) is 0 Å². The summed E-state index contributed by atoms with van der Waals surface area (Å²) in [6.07, 6.45) is 0. The highest BCUT2D eigenvalue weighted by Crippen LogP contribution is 2.20. The Bertz CT molecular complexity index is 478. The van der Waals surface area contributed by atoms with Gasteiger partial charge in [-0.2, -0.15) is 0 Å². The fourth-order valence-corrected chi connectivity index (χ4v) is 2.98. The van der Waals surface area contributed by atoms with Crippen molar-refractivity contribution in [3.63, 3.8) is 0 Å². The number of aryl methyl sites for hydroxylation is 2. The van der Waals surface area contributed by atoms with E-state index in [1.54, 1.807) is 26.0 Å². The van der Waals surface area contributed by atoms with E-state index in [-0.39, 0.29) is 6.04 Å². The zero-order valence-electron chi connectivity index (χ0n) is 10.2. The molecule has 0 fully saturated rings. The summed E-state index contributed by atoms with van der Waals surface area (Å²) >= 11 is 0. The molecule has 0 aliphatic carbocycles. The van der Waals surface area contributed by atoms with E-state index < -0.39 is 15.1 Å². The molecule has 1 aromatic rings. The average Bonchev–Trinajstić information content (AvgIpc) is 2.20. The second-order valence-electron chi connectivity index (χ2n) is 4.36. The lowest BCUT2D eigenvalue weighted by Gasteiger charge is -2.17. The third kappa shape index (κ3) is 2.44. The number of hydrogen-bond acceptors (Lipinski definition) is 3. The minimum atomic E-state index is -3.30. The smallest absolute Gasteiger partial charge is 0.182 e. The highest BCUT2D eigenvalue weighted by Gasteiger charge is 2.26. The normalized spacial score (nSPS) is 15.8. The molecular formula is C12H19NO2S. The number of hydrogen-bond donors (Lipinski definition) is 1. The minimum Gasteiger partial charge on any atom is -0.327 e. The first-order chi connectivity index (χ1) is 7.26. The molecule has 0 aromatic heterocycles. The van der Waals surface area contributed by atoms with Gasteiger partial charge in [0, 0.05) is 6.04 Å². The fraction of sp³-hybridized carbons (Fsp3) is 0.500. The first kappa shape index (κ1) is 13.2. The van der Waals surface area contributed by atoms with Crippen LogP contribution in [-0.4, -0.2) is 19.7 Å². The molecule has 0 aliphatic heterocycles. The Morgan fingerprint density at radius 3 is 2.12 bits per heavy atom. The predicted molar refractivity (Wildman–Crippen MR) is 66.2 cm³/mol. The topological polar surface area (TPSA) is 60.2 Å². The Morgan fingerprint density at radius 2 is 1.69 bits per heavy atom. The summed E-state index contributed by atoms with van der Waals surface area (Å²) in [7, 11) is -3.30. The van der Waals surface area contributed by atoms with Crippen LogP contribution in [0.4, 0.5) is 0 Å². The molecule has 0 bridgehead atoms. The lowest BCUT2D eigenvalue weighted by atomic mass is 10.1. The Morgan fingerprint density at radius 1 is 1.12 bits per heavy atom. The molecule has 0 amide bonds.